The molecule has 0 N–H and O–H groups in total. The van der Waals surface area contributed by atoms with Crippen LogP contribution in [-0.4, -0.2) is 23.4 Å². The molecule has 1 aromatic rings. The second-order valence-corrected chi connectivity index (χ2v) is 2.23. The molecule has 0 bridgehead atoms. The quantitative estimate of drug-likeness (QED) is 0.644. The second kappa shape index (κ2) is 3.23. The van der Waals surface area contributed by atoms with Crippen molar-refractivity contribution in [3.05, 3.63) is 30.0 Å². The molecule has 0 amide bonds. The molecular formula is C10H14N2. The lowest BCUT2D eigenvalue weighted by Crippen LogP contribution is -2.17. The molecule has 1 aromatic heterocycles. The van der Waals surface area contributed by atoms with Gasteiger partial charge in [0.15, 0.2) is 0 Å². The third-order valence-electron chi connectivity index (χ3n) is 1.44. The summed E-state index contributed by atoms with van der Waals surface area (Å²) in [7, 11) is 0.979. The van der Waals surface area contributed by atoms with Crippen molar-refractivity contribution >= 4 is 0 Å². The lowest BCUT2D eigenvalue weighted by molar-refractivity contribution is 0.317. The normalized spacial score (nSPS) is 56.6. The van der Waals surface area contributed by atoms with E-state index in [2.05, 4.69) is 4.98 Å². The molecule has 2 heterocycles. The number of rotatable bonds is 1. The summed E-state index contributed by atoms with van der Waals surface area (Å²) >= 11 is 0. The van der Waals surface area contributed by atoms with Crippen LogP contribution in [0.5, 0.6) is 0 Å². The van der Waals surface area contributed by atoms with Gasteiger partial charge < -0.3 is 0 Å². The van der Waals surface area contributed by atoms with E-state index < -0.39 is 55.3 Å². The first kappa shape index (κ1) is 2.13. The maximum absolute atomic E-state index is 8.44. The highest BCUT2D eigenvalue weighted by Gasteiger charge is 2.21. The third-order valence-corrected chi connectivity index (χ3v) is 1.44. The number of hydrogen-bond donors (Lipinski definition) is 0. The Morgan fingerprint density at radius 3 is 3.58 bits per heavy atom. The fraction of sp³-hybridized carbons (Fsp3) is 0.500. The Labute approximate surface area is 88.7 Å². The molecular weight excluding hydrogens is 148 g/mol. The molecule has 2 nitrogen and oxygen atoms in total. The summed E-state index contributed by atoms with van der Waals surface area (Å²) in [5.41, 5.74) is -0.740. The van der Waals surface area contributed by atoms with Gasteiger partial charge in [-0.15, -0.1) is 0 Å². The highest BCUT2D eigenvalue weighted by molar-refractivity contribution is 5.14. The molecule has 0 spiro atoms. The number of aromatic nitrogens is 1. The first-order valence-electron chi connectivity index (χ1n) is 8.84. The molecule has 1 saturated heterocycles. The van der Waals surface area contributed by atoms with Crippen LogP contribution in [0.3, 0.4) is 0 Å². The second-order valence-electron chi connectivity index (χ2n) is 2.23. The Morgan fingerprint density at radius 1 is 1.92 bits per heavy atom. The lowest BCUT2D eigenvalue weighted by atomic mass is 10.1. The van der Waals surface area contributed by atoms with Crippen LogP contribution in [0, 0.1) is 0 Å². The largest absolute Gasteiger partial charge is 0.299 e. The Kier molecular flexibility index (Phi) is 0.573. The average molecular weight is 173 g/mol. The Bertz CT molecular complexity index is 673. The molecule has 0 aromatic carbocycles. The first-order valence-corrected chi connectivity index (χ1v) is 3.34. The van der Waals surface area contributed by atoms with E-state index in [1.807, 2.05) is 0 Å². The number of pyridine rings is 1. The van der Waals surface area contributed by atoms with E-state index in [9.17, 15) is 0 Å². The van der Waals surface area contributed by atoms with E-state index in [1.165, 1.54) is 0 Å². The van der Waals surface area contributed by atoms with Gasteiger partial charge in [-0.1, -0.05) is 6.04 Å². The van der Waals surface area contributed by atoms with Gasteiger partial charge in [0.1, 0.15) is 0 Å². The molecule has 2 rings (SSSR count). The van der Waals surface area contributed by atoms with Crippen LogP contribution in [0.4, 0.5) is 0 Å². The third kappa shape index (κ3) is 1.34. The fourth-order valence-electron chi connectivity index (χ4n) is 0.883. The van der Waals surface area contributed by atoms with Crippen LogP contribution in [0.25, 0.3) is 0 Å². The zero-order valence-corrected chi connectivity index (χ0v) is 6.39. The Hall–Kier alpha value is -0.890. The zero-order chi connectivity index (χ0) is 18.2. The van der Waals surface area contributed by atoms with Crippen molar-refractivity contribution in [3.8, 4) is 0 Å². The van der Waals surface area contributed by atoms with Crippen LogP contribution in [0.2, 0.25) is 0 Å². The summed E-state index contributed by atoms with van der Waals surface area (Å²) in [6.45, 7) is -2.90. The summed E-state index contributed by atoms with van der Waals surface area (Å²) < 4.78 is 86.3. The van der Waals surface area contributed by atoms with E-state index >= 15 is 0 Å². The predicted molar refractivity (Wildman–Crippen MR) is 48.8 cm³/mol. The van der Waals surface area contributed by atoms with Crippen molar-refractivity contribution in [2.75, 3.05) is 13.5 Å². The van der Waals surface area contributed by atoms with Gasteiger partial charge >= 0.3 is 0 Å². The van der Waals surface area contributed by atoms with Crippen LogP contribution >= 0.6 is 0 Å². The van der Waals surface area contributed by atoms with Gasteiger partial charge in [-0.25, -0.2) is 0 Å². The summed E-state index contributed by atoms with van der Waals surface area (Å²) in [5, 5.41) is 0. The molecule has 2 heteroatoms. The minimum atomic E-state index is -3.15. The summed E-state index contributed by atoms with van der Waals surface area (Å²) in [4.78, 5) is 3.86. The molecule has 0 aliphatic carbocycles. The van der Waals surface area contributed by atoms with Gasteiger partial charge in [0.25, 0.3) is 0 Å². The zero-order valence-electron chi connectivity index (χ0n) is 17.4. The lowest BCUT2D eigenvalue weighted by Gasteiger charge is -2.18. The summed E-state index contributed by atoms with van der Waals surface area (Å²) in [5.74, 6) is 0. The van der Waals surface area contributed by atoms with Crippen LogP contribution in [-0.2, 0) is 0 Å². The van der Waals surface area contributed by atoms with E-state index in [0.717, 1.165) is 7.05 Å². The van der Waals surface area contributed by atoms with Gasteiger partial charge in [-0.3, -0.25) is 9.88 Å². The van der Waals surface area contributed by atoms with Gasteiger partial charge in [0, 0.05) is 26.6 Å². The van der Waals surface area contributed by atoms with E-state index in [0.29, 0.717) is 4.90 Å². The molecule has 1 fully saturated rings. The van der Waals surface area contributed by atoms with Crippen molar-refractivity contribution in [3.63, 3.8) is 0 Å². The topological polar surface area (TPSA) is 16.1 Å². The molecule has 0 radical (unpaired) electrons. The predicted octanol–water partition coefficient (Wildman–Crippen LogP) is 1.85. The summed E-state index contributed by atoms with van der Waals surface area (Å²) in [6.07, 6.45) is -7.80. The maximum Gasteiger partial charge on any atom is 0.0843 e. The minimum absolute atomic E-state index is 0.468. The van der Waals surface area contributed by atoms with Gasteiger partial charge in [-0.05, 0) is 37.9 Å². The highest BCUT2D eigenvalue weighted by atomic mass is 15.1. The molecule has 0 unspecified atom stereocenters. The van der Waals surface area contributed by atoms with Crippen molar-refractivity contribution in [1.29, 1.82) is 0 Å². The van der Waals surface area contributed by atoms with Crippen LogP contribution in [0.1, 0.15) is 39.4 Å². The standard InChI is InChI=1S/C10H14N2/c1-12-7-3-5-10(12)9-4-2-6-11-8-9/h2,4,6,8,10H,3,5,7H2,1H3/t10-/m0/s1/i2D,3D2,4D,5D2,6D,7D2,8D,10D. The van der Waals surface area contributed by atoms with Crippen LogP contribution < -0.4 is 0 Å². The fourth-order valence-corrected chi connectivity index (χ4v) is 0.883. The molecule has 1 atom stereocenters. The van der Waals surface area contributed by atoms with Crippen molar-refractivity contribution < 1.29 is 15.1 Å². The first-order chi connectivity index (χ1) is 10.2. The van der Waals surface area contributed by atoms with E-state index in [4.69, 9.17) is 15.1 Å². The van der Waals surface area contributed by atoms with Crippen molar-refractivity contribution in [2.24, 2.45) is 0 Å². The van der Waals surface area contributed by atoms with Gasteiger partial charge in [0.2, 0.25) is 0 Å². The maximum atomic E-state index is 8.44. The molecule has 1 aliphatic rings. The number of hydrogen-bond acceptors (Lipinski definition) is 2. The van der Waals surface area contributed by atoms with Gasteiger partial charge in [0.05, 0.1) is 6.85 Å². The summed E-state index contributed by atoms with van der Waals surface area (Å²) in [6, 6.07) is -4.35. The molecule has 64 valence electrons. The number of likely N-dealkylation sites (tertiary alicyclic amines) is 1. The Morgan fingerprint density at radius 2 is 2.83 bits per heavy atom. The van der Waals surface area contributed by atoms with E-state index in [-0.39, 0.29) is 0 Å². The monoisotopic (exact) mass is 173 g/mol. The SMILES string of the molecule is [2H]c1nc([2H])c([C@@]2([2H])N(C)C([2H])([2H])C([2H])([2H])C2([2H])[2H])c([2H])c1[2H]. The Balaban J connectivity index is 2.90. The highest BCUT2D eigenvalue weighted by Crippen LogP contribution is 2.29. The smallest absolute Gasteiger partial charge is 0.0843 e. The van der Waals surface area contributed by atoms with Crippen LogP contribution in [0.15, 0.2) is 24.4 Å². The van der Waals surface area contributed by atoms with Crippen molar-refractivity contribution in [1.82, 2.24) is 9.88 Å². The number of nitrogens with zero attached hydrogens (tertiary/aromatic N) is 2. The van der Waals surface area contributed by atoms with E-state index in [1.54, 1.807) is 0 Å². The average Bonchev–Trinajstić information content (AvgIpc) is 2.48. The molecule has 12 heavy (non-hydrogen) atoms. The van der Waals surface area contributed by atoms with Crippen molar-refractivity contribution in [2.45, 2.75) is 18.8 Å². The van der Waals surface area contributed by atoms with Gasteiger partial charge in [-0.2, -0.15) is 0 Å². The molecule has 1 aliphatic heterocycles. The minimum Gasteiger partial charge on any atom is -0.299 e. The molecule has 0 saturated carbocycles.